The molecule has 1 aliphatic rings. The highest BCUT2D eigenvalue weighted by Gasteiger charge is 2.33. The van der Waals surface area contributed by atoms with Crippen LogP contribution in [0.1, 0.15) is 16.7 Å². The molecule has 4 rings (SSSR count). The molecule has 0 unspecified atom stereocenters. The van der Waals surface area contributed by atoms with Gasteiger partial charge in [-0.3, -0.25) is 9.69 Å². The van der Waals surface area contributed by atoms with Gasteiger partial charge in [0.2, 0.25) is 0 Å². The number of aliphatic imine (C=N–C) groups is 1. The van der Waals surface area contributed by atoms with Crippen LogP contribution in [0.5, 0.6) is 0 Å². The van der Waals surface area contributed by atoms with Crippen LogP contribution in [-0.4, -0.2) is 21.1 Å². The summed E-state index contributed by atoms with van der Waals surface area (Å²) in [4.78, 5) is 20.2. The average molecular weight is 401 g/mol. The molecular formula is C24H20N2O2S. The van der Waals surface area contributed by atoms with E-state index in [0.717, 1.165) is 22.4 Å². The van der Waals surface area contributed by atoms with Crippen LogP contribution in [0, 0.1) is 0 Å². The van der Waals surface area contributed by atoms with Gasteiger partial charge in [-0.25, -0.2) is 4.99 Å². The second kappa shape index (κ2) is 8.90. The lowest BCUT2D eigenvalue weighted by Crippen LogP contribution is -2.28. The molecule has 0 atom stereocenters. The van der Waals surface area contributed by atoms with Gasteiger partial charge >= 0.3 is 0 Å². The van der Waals surface area contributed by atoms with Gasteiger partial charge in [0.05, 0.1) is 23.7 Å². The fraction of sp³-hybridized carbons (Fsp3) is 0.0833. The van der Waals surface area contributed by atoms with Crippen LogP contribution in [0.4, 0.5) is 5.69 Å². The van der Waals surface area contributed by atoms with Gasteiger partial charge in [-0.1, -0.05) is 72.8 Å². The van der Waals surface area contributed by atoms with Gasteiger partial charge in [0.25, 0.3) is 5.91 Å². The van der Waals surface area contributed by atoms with Crippen LogP contribution < -0.4 is 0 Å². The Labute approximate surface area is 174 Å². The minimum atomic E-state index is -0.0558. The number of aliphatic hydroxyl groups is 1. The highest BCUT2D eigenvalue weighted by atomic mass is 32.2. The standard InChI is InChI=1S/C24H20N2O2S/c27-17-20-13-11-18(12-14-20)15-22-23(28)26(16-19-7-3-1-4-8-19)24(29-22)25-21-9-5-2-6-10-21/h1-15,27H,16-17H2/b22-15-,25-24-. The molecule has 0 aliphatic carbocycles. The number of amidine groups is 1. The number of rotatable bonds is 5. The lowest BCUT2D eigenvalue weighted by Gasteiger charge is -2.15. The first-order valence-corrected chi connectivity index (χ1v) is 10.1. The molecule has 0 aromatic heterocycles. The Bertz CT molecular complexity index is 1050. The molecule has 1 aliphatic heterocycles. The first kappa shape index (κ1) is 19.2. The monoisotopic (exact) mass is 400 g/mol. The van der Waals surface area contributed by atoms with Gasteiger partial charge in [-0.05, 0) is 46.7 Å². The van der Waals surface area contributed by atoms with Crippen molar-refractivity contribution in [1.82, 2.24) is 4.90 Å². The topological polar surface area (TPSA) is 52.9 Å². The van der Waals surface area contributed by atoms with E-state index >= 15 is 0 Å². The molecular weight excluding hydrogens is 380 g/mol. The van der Waals surface area contributed by atoms with Crippen molar-refractivity contribution in [3.63, 3.8) is 0 Å². The van der Waals surface area contributed by atoms with E-state index < -0.39 is 0 Å². The Morgan fingerprint density at radius 1 is 0.862 bits per heavy atom. The van der Waals surface area contributed by atoms with Crippen LogP contribution in [0.3, 0.4) is 0 Å². The number of hydrogen-bond donors (Lipinski definition) is 1. The molecule has 0 bridgehead atoms. The SMILES string of the molecule is O=C1/C(=C/c2ccc(CO)cc2)S/C(=N\c2ccccc2)N1Cc1ccccc1. The minimum Gasteiger partial charge on any atom is -0.392 e. The highest BCUT2D eigenvalue weighted by molar-refractivity contribution is 8.18. The Kier molecular flexibility index (Phi) is 5.89. The number of amides is 1. The normalized spacial score (nSPS) is 16.7. The molecule has 0 saturated carbocycles. The summed E-state index contributed by atoms with van der Waals surface area (Å²) in [5.41, 5.74) is 3.62. The summed E-state index contributed by atoms with van der Waals surface area (Å²) < 4.78 is 0. The van der Waals surface area contributed by atoms with Gasteiger partial charge in [-0.15, -0.1) is 0 Å². The second-order valence-corrected chi connectivity index (χ2v) is 7.63. The van der Waals surface area contributed by atoms with E-state index in [4.69, 9.17) is 4.99 Å². The molecule has 1 amide bonds. The maximum atomic E-state index is 13.2. The molecule has 1 fully saturated rings. The summed E-state index contributed by atoms with van der Waals surface area (Å²) in [6.45, 7) is 0.475. The molecule has 3 aromatic carbocycles. The summed E-state index contributed by atoms with van der Waals surface area (Å²) in [6.07, 6.45) is 1.87. The van der Waals surface area contributed by atoms with Gasteiger partial charge in [0.1, 0.15) is 0 Å². The van der Waals surface area contributed by atoms with Crippen LogP contribution >= 0.6 is 11.8 Å². The minimum absolute atomic E-state index is 0.00324. The average Bonchev–Trinajstić information content (AvgIpc) is 3.04. The molecule has 5 heteroatoms. The fourth-order valence-electron chi connectivity index (χ4n) is 2.98. The molecule has 1 N–H and O–H groups in total. The first-order chi connectivity index (χ1) is 14.2. The number of para-hydroxylation sites is 1. The largest absolute Gasteiger partial charge is 0.392 e. The van der Waals surface area contributed by atoms with Gasteiger partial charge in [-0.2, -0.15) is 0 Å². The summed E-state index contributed by atoms with van der Waals surface area (Å²) in [5, 5.41) is 9.88. The van der Waals surface area contributed by atoms with Crippen molar-refractivity contribution in [3.8, 4) is 0 Å². The van der Waals surface area contributed by atoms with Crippen molar-refractivity contribution in [3.05, 3.63) is 107 Å². The third-order valence-electron chi connectivity index (χ3n) is 4.51. The smallest absolute Gasteiger partial charge is 0.267 e. The number of carbonyl (C=O) groups is 1. The molecule has 1 heterocycles. The molecule has 4 nitrogen and oxygen atoms in total. The Balaban J connectivity index is 1.67. The Hall–Kier alpha value is -3.15. The Morgan fingerprint density at radius 2 is 1.52 bits per heavy atom. The molecule has 29 heavy (non-hydrogen) atoms. The number of hydrogen-bond acceptors (Lipinski definition) is 4. The predicted octanol–water partition coefficient (Wildman–Crippen LogP) is 4.98. The van der Waals surface area contributed by atoms with Crippen LogP contribution in [-0.2, 0) is 17.9 Å². The summed E-state index contributed by atoms with van der Waals surface area (Å²) in [7, 11) is 0. The van der Waals surface area contributed by atoms with Crippen molar-refractivity contribution in [2.75, 3.05) is 0 Å². The van der Waals surface area contributed by atoms with Crippen LogP contribution in [0.25, 0.3) is 6.08 Å². The summed E-state index contributed by atoms with van der Waals surface area (Å²) in [5.74, 6) is -0.0558. The zero-order valence-corrected chi connectivity index (χ0v) is 16.5. The maximum Gasteiger partial charge on any atom is 0.267 e. The fourth-order valence-corrected chi connectivity index (χ4v) is 3.98. The van der Waals surface area contributed by atoms with E-state index in [1.165, 1.54) is 11.8 Å². The van der Waals surface area contributed by atoms with Gasteiger partial charge in [0, 0.05) is 0 Å². The summed E-state index contributed by atoms with van der Waals surface area (Å²) >= 11 is 1.38. The van der Waals surface area contributed by atoms with E-state index in [9.17, 15) is 9.90 Å². The van der Waals surface area contributed by atoms with E-state index in [0.29, 0.717) is 16.6 Å². The Morgan fingerprint density at radius 3 is 2.17 bits per heavy atom. The number of carbonyl (C=O) groups excluding carboxylic acids is 1. The number of aliphatic hydroxyl groups excluding tert-OH is 1. The third-order valence-corrected chi connectivity index (χ3v) is 5.52. The van der Waals surface area contributed by atoms with Crippen molar-refractivity contribution >= 4 is 34.6 Å². The van der Waals surface area contributed by atoms with E-state index in [1.807, 2.05) is 91.0 Å². The first-order valence-electron chi connectivity index (χ1n) is 9.32. The number of benzene rings is 3. The van der Waals surface area contributed by atoms with Crippen LogP contribution in [0.15, 0.2) is 94.8 Å². The molecule has 3 aromatic rings. The van der Waals surface area contributed by atoms with Crippen molar-refractivity contribution in [1.29, 1.82) is 0 Å². The summed E-state index contributed by atoms with van der Waals surface area (Å²) in [6, 6.07) is 27.1. The van der Waals surface area contributed by atoms with Crippen LogP contribution in [0.2, 0.25) is 0 Å². The zero-order valence-electron chi connectivity index (χ0n) is 15.7. The number of thioether (sulfide) groups is 1. The van der Waals surface area contributed by atoms with Crippen molar-refractivity contribution in [2.24, 2.45) is 4.99 Å². The van der Waals surface area contributed by atoms with E-state index in [1.54, 1.807) is 4.90 Å². The molecule has 1 saturated heterocycles. The number of nitrogens with zero attached hydrogens (tertiary/aromatic N) is 2. The lowest BCUT2D eigenvalue weighted by molar-refractivity contribution is -0.122. The highest BCUT2D eigenvalue weighted by Crippen LogP contribution is 2.35. The predicted molar refractivity (Wildman–Crippen MR) is 118 cm³/mol. The van der Waals surface area contributed by atoms with E-state index in [-0.39, 0.29) is 12.5 Å². The van der Waals surface area contributed by atoms with Gasteiger partial charge < -0.3 is 5.11 Å². The molecule has 144 valence electrons. The van der Waals surface area contributed by atoms with Gasteiger partial charge in [0.15, 0.2) is 5.17 Å². The maximum absolute atomic E-state index is 13.2. The third kappa shape index (κ3) is 4.65. The van der Waals surface area contributed by atoms with E-state index in [2.05, 4.69) is 0 Å². The van der Waals surface area contributed by atoms with Crippen molar-refractivity contribution in [2.45, 2.75) is 13.2 Å². The molecule has 0 radical (unpaired) electrons. The lowest BCUT2D eigenvalue weighted by atomic mass is 10.1. The zero-order chi connectivity index (χ0) is 20.1. The van der Waals surface area contributed by atoms with Crippen molar-refractivity contribution < 1.29 is 9.90 Å². The molecule has 0 spiro atoms. The second-order valence-electron chi connectivity index (χ2n) is 6.62. The quantitative estimate of drug-likeness (QED) is 0.615.